The lowest BCUT2D eigenvalue weighted by Crippen LogP contribution is -2.65. The number of aryl methyl sites for hydroxylation is 1. The van der Waals surface area contributed by atoms with Crippen LogP contribution in [0.1, 0.15) is 163 Å². The molecule has 2 saturated heterocycles. The van der Waals surface area contributed by atoms with Crippen LogP contribution in [-0.2, 0) is 65.3 Å². The molecule has 0 spiro atoms. The van der Waals surface area contributed by atoms with Gasteiger partial charge in [-0.1, -0.05) is 59.8 Å². The third-order valence-corrected chi connectivity index (χ3v) is 18.2. The highest BCUT2D eigenvalue weighted by Crippen LogP contribution is 2.38. The van der Waals surface area contributed by atoms with Crippen LogP contribution in [0.15, 0.2) is 12.1 Å². The second-order valence-corrected chi connectivity index (χ2v) is 26.4. The molecule has 0 bridgehead atoms. The van der Waals surface area contributed by atoms with Crippen molar-refractivity contribution in [2.24, 2.45) is 23.5 Å². The highest BCUT2D eigenvalue weighted by molar-refractivity contribution is 6.00. The lowest BCUT2D eigenvalue weighted by Gasteiger charge is -2.43. The van der Waals surface area contributed by atoms with Crippen molar-refractivity contribution in [2.45, 2.75) is 224 Å². The van der Waals surface area contributed by atoms with Crippen LogP contribution in [-0.4, -0.2) is 208 Å². The summed E-state index contributed by atoms with van der Waals surface area (Å²) in [4.78, 5) is 152. The van der Waals surface area contributed by atoms with E-state index in [1.165, 1.54) is 76.6 Å². The summed E-state index contributed by atoms with van der Waals surface area (Å²) in [6.07, 6.45) is -0.776. The fraction of sp³-hybridized carbons (Fsp3) is 0.742. The van der Waals surface area contributed by atoms with E-state index < -0.39 is 160 Å². The molecular weight excluding hydrogens is 1160 g/mol. The van der Waals surface area contributed by atoms with Gasteiger partial charge in [0.25, 0.3) is 0 Å². The van der Waals surface area contributed by atoms with Crippen molar-refractivity contribution < 1.29 is 74.6 Å². The number of rotatable bonds is 25. The molecule has 5 rings (SSSR count). The van der Waals surface area contributed by atoms with Gasteiger partial charge in [-0.3, -0.25) is 43.2 Å². The molecule has 4 aliphatic rings. The average Bonchev–Trinajstić information content (AvgIpc) is 1.59. The zero-order chi connectivity index (χ0) is 66.2. The summed E-state index contributed by atoms with van der Waals surface area (Å²) in [5, 5.41) is 5.86. The number of ether oxygens (including phenoxy) is 1. The third-order valence-electron chi connectivity index (χ3n) is 18.2. The summed E-state index contributed by atoms with van der Waals surface area (Å²) in [6, 6.07) is -8.08. The van der Waals surface area contributed by atoms with Gasteiger partial charge in [0.05, 0.1) is 12.5 Å². The van der Waals surface area contributed by atoms with E-state index in [4.69, 9.17) is 10.5 Å². The topological polar surface area (TPSA) is 253 Å². The number of amides is 9. The normalized spacial score (nSPS) is 20.1. The number of alkyl halides is 3. The number of hydrogen-bond acceptors (Lipinski definition) is 12. The molecule has 1 aromatic rings. The van der Waals surface area contributed by atoms with Crippen LogP contribution in [0.25, 0.3) is 0 Å². The van der Waals surface area contributed by atoms with Gasteiger partial charge in [0.15, 0.2) is 0 Å². The van der Waals surface area contributed by atoms with Gasteiger partial charge in [-0.2, -0.15) is 13.2 Å². The lowest BCUT2D eigenvalue weighted by atomic mass is 9.90. The molecule has 4 N–H and O–H groups in total. The third kappa shape index (κ3) is 17.1. The summed E-state index contributed by atoms with van der Waals surface area (Å²) in [5.74, 6) is -10.7. The van der Waals surface area contributed by atoms with Crippen molar-refractivity contribution in [1.82, 2.24) is 44.9 Å². The van der Waals surface area contributed by atoms with Crippen LogP contribution in [0, 0.1) is 29.4 Å². The number of likely N-dealkylation sites (tertiary alicyclic amines) is 2. The van der Waals surface area contributed by atoms with E-state index in [0.29, 0.717) is 63.6 Å². The quantitative estimate of drug-likeness (QED) is 0.0847. The smallest absolute Gasteiger partial charge is 0.422 e. The first-order chi connectivity index (χ1) is 40.9. The minimum Gasteiger partial charge on any atom is -0.458 e. The van der Waals surface area contributed by atoms with Crippen molar-refractivity contribution in [1.29, 1.82) is 0 Å². The molecule has 2 aliphatic heterocycles. The van der Waals surface area contributed by atoms with Crippen molar-refractivity contribution in [3.05, 3.63) is 34.9 Å². The van der Waals surface area contributed by atoms with Crippen LogP contribution >= 0.6 is 0 Å². The van der Waals surface area contributed by atoms with Crippen LogP contribution < -0.4 is 16.4 Å². The molecule has 0 radical (unpaired) electrons. The molecule has 21 nitrogen and oxygen atoms in total. The maximum atomic E-state index is 15.3. The largest absolute Gasteiger partial charge is 0.458 e. The summed E-state index contributed by atoms with van der Waals surface area (Å²) in [5.41, 5.74) is 1.77. The Morgan fingerprint density at radius 1 is 0.716 bits per heavy atom. The molecule has 494 valence electrons. The van der Waals surface area contributed by atoms with Gasteiger partial charge in [0.1, 0.15) is 70.6 Å². The van der Waals surface area contributed by atoms with Crippen LogP contribution in [0.5, 0.6) is 0 Å². The van der Waals surface area contributed by atoms with Gasteiger partial charge in [0, 0.05) is 55.4 Å². The fourth-order valence-corrected chi connectivity index (χ4v) is 12.5. The molecule has 4 fully saturated rings. The molecular formula is C62H95F5N10O11. The first-order valence-corrected chi connectivity index (χ1v) is 30.9. The van der Waals surface area contributed by atoms with Crippen molar-refractivity contribution in [3.63, 3.8) is 0 Å². The standard InChI is InChI=1S/C62H95F5N10O11/c1-15-36(4)49(56(84)72(11)37(5)53(81)77-30-26-44(77)58(86)88-60(6,7)8)69-51(79)45(31-35(2)3)73(12)47(78)34-46(55(83)71(9)10)74(13)57(85)50(39-21-16-17-22-39)75(14)59(87)61(27-18-19-28-61)70-52(80)43-23-20-29-76(43)54(82)42(68)25-24-38-32-40(63)48(41(64)33-38)62(65,66)67/h32-33,35-37,39,42-46,49-50H,15-31,34,68H2,1-14H3,(H,69,79)(H,70,80)/t36-,37-,42-,43-,44-,45-,46-,49-,50-/m0/s1. The Kier molecular flexibility index (Phi) is 24.6. The molecule has 2 heterocycles. The summed E-state index contributed by atoms with van der Waals surface area (Å²) in [6.45, 7) is 14.4. The van der Waals surface area contributed by atoms with Crippen LogP contribution in [0.4, 0.5) is 22.0 Å². The Morgan fingerprint density at radius 3 is 1.81 bits per heavy atom. The Morgan fingerprint density at radius 2 is 1.30 bits per heavy atom. The molecule has 9 amide bonds. The molecule has 26 heteroatoms. The zero-order valence-corrected chi connectivity index (χ0v) is 53.8. The van der Waals surface area contributed by atoms with Gasteiger partial charge in [-0.15, -0.1) is 0 Å². The number of halogens is 5. The van der Waals surface area contributed by atoms with E-state index >= 15 is 9.59 Å². The number of hydrogen-bond donors (Lipinski definition) is 3. The van der Waals surface area contributed by atoms with Crippen molar-refractivity contribution >= 4 is 59.1 Å². The molecule has 2 aliphatic carbocycles. The monoisotopic (exact) mass is 1250 g/mol. The molecule has 0 unspecified atom stereocenters. The fourth-order valence-electron chi connectivity index (χ4n) is 12.5. The van der Waals surface area contributed by atoms with E-state index in [9.17, 15) is 60.3 Å². The number of benzene rings is 1. The van der Waals surface area contributed by atoms with Gasteiger partial charge >= 0.3 is 12.1 Å². The molecule has 2 saturated carbocycles. The highest BCUT2D eigenvalue weighted by atomic mass is 19.4. The Labute approximate surface area is 514 Å². The molecule has 9 atom stereocenters. The van der Waals surface area contributed by atoms with Gasteiger partial charge < -0.3 is 55.4 Å². The number of carbonyl (C=O) groups excluding carboxylic acids is 10. The summed E-state index contributed by atoms with van der Waals surface area (Å²) >= 11 is 0. The predicted molar refractivity (Wildman–Crippen MR) is 316 cm³/mol. The van der Waals surface area contributed by atoms with E-state index in [-0.39, 0.29) is 56.6 Å². The molecule has 0 aromatic heterocycles. The first-order valence-electron chi connectivity index (χ1n) is 30.9. The number of nitrogens with zero attached hydrogens (tertiary/aromatic N) is 7. The van der Waals surface area contributed by atoms with E-state index in [1.807, 2.05) is 20.8 Å². The maximum absolute atomic E-state index is 15.3. The minimum atomic E-state index is -5.26. The summed E-state index contributed by atoms with van der Waals surface area (Å²) < 4.78 is 73.8. The van der Waals surface area contributed by atoms with Gasteiger partial charge in [-0.05, 0) is 127 Å². The number of carbonyl (C=O) groups is 10. The number of nitrogens with two attached hydrogens (primary N) is 1. The number of nitrogens with one attached hydrogen (secondary N) is 2. The SMILES string of the molecule is CC[C@H](C)[C@H](NC(=O)[C@H](CC(C)C)N(C)C(=O)C[C@@H](C(=O)N(C)C)N(C)C(=O)[C@H](C1CCCC1)N(C)C(=O)C1(NC(=O)[C@@H]2CCCN2C(=O)[C@@H](N)CCc2cc(F)c(C(F)(F)F)c(F)c2)CCCC1)C(=O)N(C)[C@@H](C)C(=O)N1CC[C@H]1C(=O)OC(C)(C)C. The van der Waals surface area contributed by atoms with E-state index in [0.717, 1.165) is 12.8 Å². The molecule has 88 heavy (non-hydrogen) atoms. The van der Waals surface area contributed by atoms with E-state index in [1.54, 1.807) is 34.6 Å². The second kappa shape index (κ2) is 29.9. The van der Waals surface area contributed by atoms with Crippen LogP contribution in [0.3, 0.4) is 0 Å². The second-order valence-electron chi connectivity index (χ2n) is 26.4. The highest BCUT2D eigenvalue weighted by Gasteiger charge is 2.52. The van der Waals surface area contributed by atoms with Crippen molar-refractivity contribution in [3.8, 4) is 0 Å². The van der Waals surface area contributed by atoms with Crippen LogP contribution in [0.2, 0.25) is 0 Å². The zero-order valence-electron chi connectivity index (χ0n) is 53.8. The lowest BCUT2D eigenvalue weighted by molar-refractivity contribution is -0.172. The Bertz CT molecular complexity index is 2710. The van der Waals surface area contributed by atoms with Crippen molar-refractivity contribution in [2.75, 3.05) is 55.4 Å². The van der Waals surface area contributed by atoms with Gasteiger partial charge in [-0.25, -0.2) is 13.6 Å². The molecule has 1 aromatic carbocycles. The van der Waals surface area contributed by atoms with Gasteiger partial charge in [0.2, 0.25) is 53.2 Å². The average molecular weight is 1250 g/mol. The number of likely N-dealkylation sites (N-methyl/N-ethyl adjacent to an activating group) is 5. The predicted octanol–water partition coefficient (Wildman–Crippen LogP) is 5.18. The Balaban J connectivity index is 1.33. The Hall–Kier alpha value is -6.47. The first kappa shape index (κ1) is 72.3. The number of esters is 1. The van der Waals surface area contributed by atoms with E-state index in [2.05, 4.69) is 10.6 Å². The maximum Gasteiger partial charge on any atom is 0.422 e. The summed E-state index contributed by atoms with van der Waals surface area (Å²) in [7, 11) is 8.65. The minimum absolute atomic E-state index is 0.110.